The first-order valence-electron chi connectivity index (χ1n) is 4.82. The molecule has 0 heterocycles. The SMILES string of the molecule is [CH]=CC1[CH]c2cccc3cccc1c23. The topological polar surface area (TPSA) is 0 Å². The van der Waals surface area contributed by atoms with Crippen molar-refractivity contribution in [3.05, 3.63) is 66.6 Å². The Bertz CT molecular complexity index is 503. The van der Waals surface area contributed by atoms with Gasteiger partial charge >= 0.3 is 0 Å². The minimum absolute atomic E-state index is 0.288. The van der Waals surface area contributed by atoms with Gasteiger partial charge in [0.15, 0.2) is 0 Å². The molecule has 2 radical (unpaired) electrons. The van der Waals surface area contributed by atoms with Crippen molar-refractivity contribution >= 4 is 10.8 Å². The Morgan fingerprint density at radius 1 is 1.07 bits per heavy atom. The predicted molar refractivity (Wildman–Crippen MR) is 59.0 cm³/mol. The molecule has 1 aliphatic rings. The van der Waals surface area contributed by atoms with Gasteiger partial charge in [0.25, 0.3) is 0 Å². The van der Waals surface area contributed by atoms with Crippen LogP contribution in [0.5, 0.6) is 0 Å². The number of benzene rings is 2. The van der Waals surface area contributed by atoms with Gasteiger partial charge in [-0.25, -0.2) is 0 Å². The second-order valence-electron chi connectivity index (χ2n) is 3.68. The summed E-state index contributed by atoms with van der Waals surface area (Å²) in [6.07, 6.45) is 3.98. The van der Waals surface area contributed by atoms with Gasteiger partial charge in [0, 0.05) is 12.3 Å². The van der Waals surface area contributed by atoms with Gasteiger partial charge in [0.2, 0.25) is 0 Å². The fourth-order valence-corrected chi connectivity index (χ4v) is 2.26. The third-order valence-electron chi connectivity index (χ3n) is 2.89. The Morgan fingerprint density at radius 3 is 2.64 bits per heavy atom. The maximum absolute atomic E-state index is 5.63. The summed E-state index contributed by atoms with van der Waals surface area (Å²) >= 11 is 0. The number of rotatable bonds is 1. The Balaban J connectivity index is 2.43. The Hall–Kier alpha value is -1.56. The molecule has 0 aromatic heterocycles. The first-order valence-corrected chi connectivity index (χ1v) is 4.82. The van der Waals surface area contributed by atoms with E-state index in [4.69, 9.17) is 6.58 Å². The summed E-state index contributed by atoms with van der Waals surface area (Å²) in [4.78, 5) is 0. The van der Waals surface area contributed by atoms with Crippen LogP contribution < -0.4 is 0 Å². The molecule has 0 nitrogen and oxygen atoms in total. The average Bonchev–Trinajstić information content (AvgIpc) is 2.60. The summed E-state index contributed by atoms with van der Waals surface area (Å²) in [7, 11) is 0. The van der Waals surface area contributed by atoms with Crippen LogP contribution in [-0.4, -0.2) is 0 Å². The van der Waals surface area contributed by atoms with Gasteiger partial charge in [-0.3, -0.25) is 0 Å². The van der Waals surface area contributed by atoms with Crippen LogP contribution in [0.1, 0.15) is 17.0 Å². The van der Waals surface area contributed by atoms with E-state index in [1.54, 1.807) is 6.08 Å². The van der Waals surface area contributed by atoms with Gasteiger partial charge < -0.3 is 0 Å². The molecular weight excluding hydrogens is 168 g/mol. The Kier molecular flexibility index (Phi) is 1.51. The molecule has 0 heteroatoms. The molecule has 0 fully saturated rings. The van der Waals surface area contributed by atoms with Crippen LogP contribution in [0.25, 0.3) is 10.8 Å². The first-order chi connectivity index (χ1) is 6.90. The number of hydrogen-bond donors (Lipinski definition) is 0. The largest absolute Gasteiger partial charge is 0.0764 e. The van der Waals surface area contributed by atoms with E-state index >= 15 is 0 Å². The molecule has 0 saturated heterocycles. The quantitative estimate of drug-likeness (QED) is 0.627. The molecule has 0 aliphatic heterocycles. The molecular formula is C14H10. The van der Waals surface area contributed by atoms with Crippen molar-refractivity contribution in [2.45, 2.75) is 5.92 Å². The fourth-order valence-electron chi connectivity index (χ4n) is 2.26. The highest BCUT2D eigenvalue weighted by molar-refractivity contribution is 5.93. The average molecular weight is 178 g/mol. The summed E-state index contributed by atoms with van der Waals surface area (Å²) in [5.74, 6) is 0.288. The van der Waals surface area contributed by atoms with Crippen molar-refractivity contribution in [1.82, 2.24) is 0 Å². The smallest absolute Gasteiger partial charge is 0.0102 e. The normalized spacial score (nSPS) is 18.7. The van der Waals surface area contributed by atoms with E-state index in [-0.39, 0.29) is 5.92 Å². The lowest BCUT2D eigenvalue weighted by atomic mass is 10.0. The van der Waals surface area contributed by atoms with Crippen molar-refractivity contribution in [2.75, 3.05) is 0 Å². The molecule has 0 saturated carbocycles. The molecule has 3 rings (SSSR count). The van der Waals surface area contributed by atoms with Crippen LogP contribution in [0.2, 0.25) is 0 Å². The summed E-state index contributed by atoms with van der Waals surface area (Å²) in [5.41, 5.74) is 2.64. The maximum atomic E-state index is 5.63. The molecule has 1 atom stereocenters. The second kappa shape index (κ2) is 2.71. The van der Waals surface area contributed by atoms with E-state index in [0.29, 0.717) is 0 Å². The van der Waals surface area contributed by atoms with Gasteiger partial charge in [-0.1, -0.05) is 49.1 Å². The van der Waals surface area contributed by atoms with Gasteiger partial charge in [-0.15, -0.1) is 0 Å². The van der Waals surface area contributed by atoms with E-state index < -0.39 is 0 Å². The Morgan fingerprint density at radius 2 is 1.86 bits per heavy atom. The van der Waals surface area contributed by atoms with E-state index in [1.807, 2.05) is 0 Å². The van der Waals surface area contributed by atoms with Gasteiger partial charge in [-0.05, 0) is 21.9 Å². The molecule has 66 valence electrons. The maximum Gasteiger partial charge on any atom is 0.0102 e. The molecule has 1 aliphatic carbocycles. The zero-order valence-electron chi connectivity index (χ0n) is 7.77. The lowest BCUT2D eigenvalue weighted by molar-refractivity contribution is 1.06. The van der Waals surface area contributed by atoms with E-state index in [9.17, 15) is 0 Å². The van der Waals surface area contributed by atoms with E-state index in [2.05, 4.69) is 42.8 Å². The first kappa shape index (κ1) is 7.81. The number of allylic oxidation sites excluding steroid dienone is 1. The minimum Gasteiger partial charge on any atom is -0.0764 e. The van der Waals surface area contributed by atoms with E-state index in [1.165, 1.54) is 21.9 Å². The van der Waals surface area contributed by atoms with Crippen molar-refractivity contribution < 1.29 is 0 Å². The molecule has 0 spiro atoms. The van der Waals surface area contributed by atoms with Crippen LogP contribution in [0.3, 0.4) is 0 Å². The lowest BCUT2D eigenvalue weighted by Gasteiger charge is -2.03. The highest BCUT2D eigenvalue weighted by Gasteiger charge is 2.21. The van der Waals surface area contributed by atoms with Crippen LogP contribution in [0, 0.1) is 13.0 Å². The van der Waals surface area contributed by atoms with Gasteiger partial charge in [0.05, 0.1) is 0 Å². The molecule has 0 amide bonds. The highest BCUT2D eigenvalue weighted by Crippen LogP contribution is 2.39. The van der Waals surface area contributed by atoms with Crippen LogP contribution in [-0.2, 0) is 0 Å². The van der Waals surface area contributed by atoms with Crippen molar-refractivity contribution in [3.63, 3.8) is 0 Å². The van der Waals surface area contributed by atoms with Crippen molar-refractivity contribution in [3.8, 4) is 0 Å². The molecule has 1 unspecified atom stereocenters. The fraction of sp³-hybridized carbons (Fsp3) is 0.0714. The minimum atomic E-state index is 0.288. The molecule has 14 heavy (non-hydrogen) atoms. The zero-order chi connectivity index (χ0) is 9.54. The van der Waals surface area contributed by atoms with Crippen molar-refractivity contribution in [1.29, 1.82) is 0 Å². The van der Waals surface area contributed by atoms with Gasteiger partial charge in [0.1, 0.15) is 0 Å². The monoisotopic (exact) mass is 178 g/mol. The van der Waals surface area contributed by atoms with Gasteiger partial charge in [-0.2, -0.15) is 0 Å². The third kappa shape index (κ3) is 0.884. The lowest BCUT2D eigenvalue weighted by Crippen LogP contribution is -1.87. The van der Waals surface area contributed by atoms with Crippen LogP contribution in [0.4, 0.5) is 0 Å². The molecule has 0 N–H and O–H groups in total. The molecule has 2 aromatic carbocycles. The standard InChI is InChI=1S/C14H10/c1-2-10-9-12-7-3-5-11-6-4-8-13(10)14(11)12/h1-10H. The number of hydrogen-bond acceptors (Lipinski definition) is 0. The second-order valence-corrected chi connectivity index (χ2v) is 3.68. The van der Waals surface area contributed by atoms with Crippen LogP contribution >= 0.6 is 0 Å². The predicted octanol–water partition coefficient (Wildman–Crippen LogP) is 3.48. The Labute approximate surface area is 83.9 Å². The zero-order valence-corrected chi connectivity index (χ0v) is 7.77. The third-order valence-corrected chi connectivity index (χ3v) is 2.89. The highest BCUT2D eigenvalue weighted by atomic mass is 14.2. The molecule has 2 aromatic rings. The summed E-state index contributed by atoms with van der Waals surface area (Å²) in [6.45, 7) is 5.63. The van der Waals surface area contributed by atoms with E-state index in [0.717, 1.165) is 0 Å². The summed E-state index contributed by atoms with van der Waals surface area (Å²) in [5, 5.41) is 2.67. The van der Waals surface area contributed by atoms with Crippen molar-refractivity contribution in [2.24, 2.45) is 0 Å². The summed E-state index contributed by atoms with van der Waals surface area (Å²) < 4.78 is 0. The molecule has 0 bridgehead atoms. The van der Waals surface area contributed by atoms with Crippen LogP contribution in [0.15, 0.2) is 42.5 Å². The summed E-state index contributed by atoms with van der Waals surface area (Å²) in [6, 6.07) is 12.8.